The molecule has 0 aliphatic rings. The van der Waals surface area contributed by atoms with Crippen LogP contribution in [0.25, 0.3) is 106 Å². The minimum atomic E-state index is 0.607. The predicted molar refractivity (Wildman–Crippen MR) is 242 cm³/mol. The number of hydrogen-bond donors (Lipinski definition) is 0. The van der Waals surface area contributed by atoms with Gasteiger partial charge >= 0.3 is 0 Å². The van der Waals surface area contributed by atoms with E-state index >= 15 is 0 Å². The molecule has 3 heterocycles. The molecule has 0 N–H and O–H groups in total. The van der Waals surface area contributed by atoms with Gasteiger partial charge in [0.25, 0.3) is 0 Å². The molecule has 0 fully saturated rings. The Morgan fingerprint density at radius 2 is 0.678 bits per heavy atom. The van der Waals surface area contributed by atoms with E-state index in [0.717, 1.165) is 77.8 Å². The smallest absolute Gasteiger partial charge is 0.164 e. The summed E-state index contributed by atoms with van der Waals surface area (Å²) in [5.74, 6) is 1.85. The third-order valence-corrected chi connectivity index (χ3v) is 11.1. The number of pyridine rings is 1. The molecule has 0 aliphatic heterocycles. The number of fused-ring (bicyclic) bond motifs is 5. The molecule has 0 atom stereocenters. The second-order valence-electron chi connectivity index (χ2n) is 14.7. The van der Waals surface area contributed by atoms with Crippen LogP contribution in [0, 0.1) is 0 Å². The van der Waals surface area contributed by atoms with E-state index in [1.54, 1.807) is 0 Å². The van der Waals surface area contributed by atoms with Gasteiger partial charge in [-0.15, -0.1) is 0 Å². The van der Waals surface area contributed by atoms with Crippen molar-refractivity contribution in [3.63, 3.8) is 0 Å². The number of nitrogens with zero attached hydrogens (tertiary/aromatic N) is 5. The molecule has 59 heavy (non-hydrogen) atoms. The molecular weight excluding hydrogens is 719 g/mol. The summed E-state index contributed by atoms with van der Waals surface area (Å²) in [4.78, 5) is 20.6. The molecule has 276 valence electrons. The first-order valence-electron chi connectivity index (χ1n) is 19.8. The lowest BCUT2D eigenvalue weighted by atomic mass is 10.0. The zero-order valence-corrected chi connectivity index (χ0v) is 31.9. The van der Waals surface area contributed by atoms with Gasteiger partial charge in [0, 0.05) is 44.1 Å². The first kappa shape index (κ1) is 34.2. The van der Waals surface area contributed by atoms with Crippen LogP contribution < -0.4 is 0 Å². The van der Waals surface area contributed by atoms with Gasteiger partial charge in [-0.2, -0.15) is 0 Å². The highest BCUT2D eigenvalue weighted by Crippen LogP contribution is 2.41. The Morgan fingerprint density at radius 3 is 1.20 bits per heavy atom. The average molecular weight is 754 g/mol. The Morgan fingerprint density at radius 1 is 0.288 bits per heavy atom. The quantitative estimate of drug-likeness (QED) is 0.163. The van der Waals surface area contributed by atoms with Crippen molar-refractivity contribution < 1.29 is 0 Å². The van der Waals surface area contributed by atoms with Crippen molar-refractivity contribution >= 4 is 32.7 Å². The number of para-hydroxylation sites is 2. The maximum atomic E-state index is 5.29. The molecule has 5 nitrogen and oxygen atoms in total. The molecule has 8 aromatic carbocycles. The van der Waals surface area contributed by atoms with Crippen LogP contribution in [0.4, 0.5) is 0 Å². The standard InChI is InChI=1S/C54H35N5/c1-4-14-36(15-5-1)38-24-28-41(29-25-38)52-56-53(42-30-26-39(27-31-42)37-16-6-2-7-17-37)58-54(57-52)43-32-34-44(35-33-43)59-48-23-13-11-21-46(48)49-45-20-10-12-22-47(45)55-50(51(49)59)40-18-8-3-9-19-40/h1-35H. The second kappa shape index (κ2) is 14.5. The predicted octanol–water partition coefficient (Wildman–Crippen LogP) is 13.5. The van der Waals surface area contributed by atoms with Crippen molar-refractivity contribution in [2.75, 3.05) is 0 Å². The van der Waals surface area contributed by atoms with Crippen molar-refractivity contribution in [2.24, 2.45) is 0 Å². The summed E-state index contributed by atoms with van der Waals surface area (Å²) in [7, 11) is 0. The normalized spacial score (nSPS) is 11.4. The number of hydrogen-bond acceptors (Lipinski definition) is 4. The molecule has 5 heteroatoms. The van der Waals surface area contributed by atoms with Gasteiger partial charge in [-0.05, 0) is 58.7 Å². The minimum absolute atomic E-state index is 0.607. The molecular formula is C54H35N5. The molecule has 0 bridgehead atoms. The lowest BCUT2D eigenvalue weighted by Crippen LogP contribution is -2.01. The second-order valence-corrected chi connectivity index (χ2v) is 14.7. The third-order valence-electron chi connectivity index (χ3n) is 11.1. The van der Waals surface area contributed by atoms with E-state index in [9.17, 15) is 0 Å². The SMILES string of the molecule is c1ccc(-c2ccc(-c3nc(-c4ccc(-c5ccccc5)cc4)nc(-c4ccc(-n5c6ccccc6c6c7ccccc7nc(-c7ccccc7)c65)cc4)n3)cc2)cc1. The fourth-order valence-electron chi connectivity index (χ4n) is 8.17. The fraction of sp³-hybridized carbons (Fsp3) is 0. The van der Waals surface area contributed by atoms with E-state index in [1.807, 2.05) is 18.2 Å². The van der Waals surface area contributed by atoms with Gasteiger partial charge in [0.1, 0.15) is 0 Å². The minimum Gasteiger partial charge on any atom is -0.307 e. The largest absolute Gasteiger partial charge is 0.307 e. The molecule has 0 unspecified atom stereocenters. The highest BCUT2D eigenvalue weighted by Gasteiger charge is 2.21. The van der Waals surface area contributed by atoms with Crippen LogP contribution in [0.5, 0.6) is 0 Å². The number of aromatic nitrogens is 5. The molecule has 0 spiro atoms. The van der Waals surface area contributed by atoms with Crippen LogP contribution in [0.1, 0.15) is 0 Å². The van der Waals surface area contributed by atoms with Gasteiger partial charge in [0.05, 0.1) is 22.2 Å². The van der Waals surface area contributed by atoms with E-state index in [-0.39, 0.29) is 0 Å². The zero-order valence-electron chi connectivity index (χ0n) is 31.9. The van der Waals surface area contributed by atoms with Crippen LogP contribution in [0.3, 0.4) is 0 Å². The fourth-order valence-corrected chi connectivity index (χ4v) is 8.17. The van der Waals surface area contributed by atoms with E-state index in [1.165, 1.54) is 10.8 Å². The summed E-state index contributed by atoms with van der Waals surface area (Å²) in [6.45, 7) is 0. The molecule has 11 rings (SSSR count). The Hall–Kier alpha value is -8.02. The van der Waals surface area contributed by atoms with Crippen molar-refractivity contribution in [1.29, 1.82) is 0 Å². The van der Waals surface area contributed by atoms with E-state index in [2.05, 4.69) is 199 Å². The van der Waals surface area contributed by atoms with Gasteiger partial charge < -0.3 is 4.57 Å². The molecule has 0 radical (unpaired) electrons. The molecule has 11 aromatic rings. The zero-order chi connectivity index (χ0) is 39.1. The molecule has 0 saturated carbocycles. The van der Waals surface area contributed by atoms with Crippen LogP contribution in [-0.2, 0) is 0 Å². The summed E-state index contributed by atoms with van der Waals surface area (Å²) in [6, 6.07) is 73.8. The number of rotatable bonds is 7. The average Bonchev–Trinajstić information content (AvgIpc) is 3.68. The van der Waals surface area contributed by atoms with E-state index in [4.69, 9.17) is 19.9 Å². The molecule has 0 saturated heterocycles. The first-order valence-corrected chi connectivity index (χ1v) is 19.8. The maximum absolute atomic E-state index is 5.29. The maximum Gasteiger partial charge on any atom is 0.164 e. The van der Waals surface area contributed by atoms with Crippen LogP contribution in [0.15, 0.2) is 212 Å². The Kier molecular flexibility index (Phi) is 8.41. The van der Waals surface area contributed by atoms with E-state index in [0.29, 0.717) is 17.5 Å². The van der Waals surface area contributed by atoms with Crippen LogP contribution in [0.2, 0.25) is 0 Å². The van der Waals surface area contributed by atoms with Gasteiger partial charge in [0.15, 0.2) is 17.5 Å². The summed E-state index contributed by atoms with van der Waals surface area (Å²) in [5, 5.41) is 3.51. The summed E-state index contributed by atoms with van der Waals surface area (Å²) in [5.41, 5.74) is 13.6. The number of benzene rings is 8. The highest BCUT2D eigenvalue weighted by molar-refractivity contribution is 6.23. The van der Waals surface area contributed by atoms with Gasteiger partial charge in [0.2, 0.25) is 0 Å². The monoisotopic (exact) mass is 753 g/mol. The third kappa shape index (κ3) is 6.22. The molecule has 0 aliphatic carbocycles. The Balaban J connectivity index is 1.05. The summed E-state index contributed by atoms with van der Waals surface area (Å²) in [6.07, 6.45) is 0. The van der Waals surface area contributed by atoms with Crippen LogP contribution in [-0.4, -0.2) is 24.5 Å². The molecule has 0 amide bonds. The lowest BCUT2D eigenvalue weighted by molar-refractivity contribution is 1.07. The topological polar surface area (TPSA) is 56.5 Å². The van der Waals surface area contributed by atoms with E-state index < -0.39 is 0 Å². The van der Waals surface area contributed by atoms with Gasteiger partial charge in [-0.25, -0.2) is 19.9 Å². The summed E-state index contributed by atoms with van der Waals surface area (Å²) < 4.78 is 2.35. The Labute approximate surface area is 341 Å². The highest BCUT2D eigenvalue weighted by atomic mass is 15.0. The first-order chi connectivity index (χ1) is 29.2. The molecule has 3 aromatic heterocycles. The van der Waals surface area contributed by atoms with Gasteiger partial charge in [-0.1, -0.05) is 176 Å². The van der Waals surface area contributed by atoms with Crippen molar-refractivity contribution in [3.05, 3.63) is 212 Å². The Bertz CT molecular complexity index is 3170. The van der Waals surface area contributed by atoms with Crippen molar-refractivity contribution in [2.45, 2.75) is 0 Å². The summed E-state index contributed by atoms with van der Waals surface area (Å²) >= 11 is 0. The van der Waals surface area contributed by atoms with Gasteiger partial charge in [-0.3, -0.25) is 0 Å². The van der Waals surface area contributed by atoms with Crippen LogP contribution >= 0.6 is 0 Å². The lowest BCUT2D eigenvalue weighted by Gasteiger charge is -2.13. The van der Waals surface area contributed by atoms with Crippen molar-refractivity contribution in [3.8, 4) is 73.4 Å². The van der Waals surface area contributed by atoms with Crippen molar-refractivity contribution in [1.82, 2.24) is 24.5 Å².